The average Bonchev–Trinajstić information content (AvgIpc) is 2.71. The minimum atomic E-state index is -0.633. The van der Waals surface area contributed by atoms with E-state index in [1.807, 2.05) is 56.3 Å². The lowest BCUT2D eigenvalue weighted by Gasteiger charge is -2.28. The van der Waals surface area contributed by atoms with E-state index in [1.165, 1.54) is 4.90 Å². The molecule has 0 aromatic heterocycles. The molecule has 2 aromatic rings. The first-order chi connectivity index (χ1) is 13.4. The molecule has 150 valence electrons. The minimum Gasteiger partial charge on any atom is -0.497 e. The van der Waals surface area contributed by atoms with Gasteiger partial charge in [-0.15, -0.1) is 0 Å². The van der Waals surface area contributed by atoms with Crippen LogP contribution in [-0.4, -0.2) is 43.5 Å². The van der Waals surface area contributed by atoms with Gasteiger partial charge < -0.3 is 19.7 Å². The smallest absolute Gasteiger partial charge is 0.261 e. The van der Waals surface area contributed by atoms with Gasteiger partial charge in [0.15, 0.2) is 6.61 Å². The standard InChI is InChI=1S/C22H28N2O4/c1-15-8-6-11-20(16(15)2)28-14-21(25)24(17(3)22(26)23-4)13-18-9-7-10-19(12-18)27-5/h6-12,17H,13-14H2,1-5H3,(H,23,26)/t17-/m1/s1. The van der Waals surface area contributed by atoms with Gasteiger partial charge in [-0.05, 0) is 55.7 Å². The molecule has 2 aromatic carbocycles. The number of benzene rings is 2. The summed E-state index contributed by atoms with van der Waals surface area (Å²) in [6.07, 6.45) is 0. The fourth-order valence-corrected chi connectivity index (χ4v) is 2.86. The third-order valence-corrected chi connectivity index (χ3v) is 4.81. The summed E-state index contributed by atoms with van der Waals surface area (Å²) < 4.78 is 11.0. The molecule has 2 amide bonds. The molecular weight excluding hydrogens is 356 g/mol. The second kappa shape index (κ2) is 9.78. The highest BCUT2D eigenvalue weighted by Crippen LogP contribution is 2.21. The lowest BCUT2D eigenvalue weighted by atomic mass is 10.1. The predicted molar refractivity (Wildman–Crippen MR) is 108 cm³/mol. The van der Waals surface area contributed by atoms with Crippen molar-refractivity contribution >= 4 is 11.8 Å². The van der Waals surface area contributed by atoms with Crippen molar-refractivity contribution in [3.8, 4) is 11.5 Å². The van der Waals surface area contributed by atoms with Crippen molar-refractivity contribution in [1.29, 1.82) is 0 Å². The molecule has 0 unspecified atom stereocenters. The quantitative estimate of drug-likeness (QED) is 0.760. The van der Waals surface area contributed by atoms with Crippen LogP contribution < -0.4 is 14.8 Å². The van der Waals surface area contributed by atoms with Crippen LogP contribution in [0.25, 0.3) is 0 Å². The van der Waals surface area contributed by atoms with Crippen molar-refractivity contribution < 1.29 is 19.1 Å². The first-order valence-electron chi connectivity index (χ1n) is 9.20. The van der Waals surface area contributed by atoms with Crippen molar-refractivity contribution in [2.24, 2.45) is 0 Å². The first kappa shape index (κ1) is 21.3. The molecule has 0 radical (unpaired) electrons. The zero-order valence-corrected chi connectivity index (χ0v) is 17.1. The van der Waals surface area contributed by atoms with Crippen LogP contribution in [0.1, 0.15) is 23.6 Å². The number of likely N-dealkylation sites (N-methyl/N-ethyl adjacent to an activating group) is 1. The minimum absolute atomic E-state index is 0.143. The molecule has 0 heterocycles. The van der Waals surface area contributed by atoms with Gasteiger partial charge in [-0.25, -0.2) is 0 Å². The third-order valence-electron chi connectivity index (χ3n) is 4.81. The number of carbonyl (C=O) groups is 2. The van der Waals surface area contributed by atoms with Gasteiger partial charge in [0.1, 0.15) is 17.5 Å². The van der Waals surface area contributed by atoms with Gasteiger partial charge in [0, 0.05) is 13.6 Å². The van der Waals surface area contributed by atoms with E-state index in [4.69, 9.17) is 9.47 Å². The van der Waals surface area contributed by atoms with Gasteiger partial charge in [-0.3, -0.25) is 9.59 Å². The highest BCUT2D eigenvalue weighted by atomic mass is 16.5. The summed E-state index contributed by atoms with van der Waals surface area (Å²) in [7, 11) is 3.15. The Hall–Kier alpha value is -3.02. The van der Waals surface area contributed by atoms with Crippen molar-refractivity contribution in [1.82, 2.24) is 10.2 Å². The van der Waals surface area contributed by atoms with Crippen LogP contribution in [0.3, 0.4) is 0 Å². The number of hydrogen-bond donors (Lipinski definition) is 1. The molecule has 2 rings (SSSR count). The zero-order valence-electron chi connectivity index (χ0n) is 17.1. The fraction of sp³-hybridized carbons (Fsp3) is 0.364. The fourth-order valence-electron chi connectivity index (χ4n) is 2.86. The predicted octanol–water partition coefficient (Wildman–Crippen LogP) is 2.85. The molecule has 1 atom stereocenters. The number of nitrogens with one attached hydrogen (secondary N) is 1. The lowest BCUT2D eigenvalue weighted by molar-refractivity contribution is -0.142. The number of nitrogens with zero attached hydrogens (tertiary/aromatic N) is 1. The first-order valence-corrected chi connectivity index (χ1v) is 9.20. The summed E-state index contributed by atoms with van der Waals surface area (Å²) >= 11 is 0. The maximum absolute atomic E-state index is 12.9. The van der Waals surface area contributed by atoms with Gasteiger partial charge in [0.2, 0.25) is 5.91 Å². The number of hydrogen-bond acceptors (Lipinski definition) is 4. The third kappa shape index (κ3) is 5.25. The summed E-state index contributed by atoms with van der Waals surface area (Å²) in [4.78, 5) is 26.6. The molecular formula is C22H28N2O4. The molecule has 0 spiro atoms. The van der Waals surface area contributed by atoms with E-state index in [0.29, 0.717) is 11.5 Å². The number of rotatable bonds is 8. The topological polar surface area (TPSA) is 67.9 Å². The van der Waals surface area contributed by atoms with Gasteiger partial charge >= 0.3 is 0 Å². The van der Waals surface area contributed by atoms with E-state index in [-0.39, 0.29) is 25.0 Å². The summed E-state index contributed by atoms with van der Waals surface area (Å²) in [5, 5.41) is 2.60. The van der Waals surface area contributed by atoms with Crippen LogP contribution in [0.2, 0.25) is 0 Å². The second-order valence-electron chi connectivity index (χ2n) is 6.65. The number of amides is 2. The van der Waals surface area contributed by atoms with Crippen LogP contribution in [-0.2, 0) is 16.1 Å². The number of methoxy groups -OCH3 is 1. The van der Waals surface area contributed by atoms with Gasteiger partial charge in [0.05, 0.1) is 7.11 Å². The van der Waals surface area contributed by atoms with Crippen LogP contribution in [0.4, 0.5) is 0 Å². The Morgan fingerprint density at radius 2 is 1.86 bits per heavy atom. The second-order valence-corrected chi connectivity index (χ2v) is 6.65. The highest BCUT2D eigenvalue weighted by Gasteiger charge is 2.26. The van der Waals surface area contributed by atoms with Gasteiger partial charge in [0.25, 0.3) is 5.91 Å². The Balaban J connectivity index is 2.18. The SMILES string of the molecule is CNC(=O)[C@@H](C)N(Cc1cccc(OC)c1)C(=O)COc1cccc(C)c1C. The molecule has 0 aliphatic carbocycles. The normalized spacial score (nSPS) is 11.5. The monoisotopic (exact) mass is 384 g/mol. The van der Waals surface area contributed by atoms with E-state index in [9.17, 15) is 9.59 Å². The Bertz CT molecular complexity index is 835. The average molecular weight is 384 g/mol. The summed E-state index contributed by atoms with van der Waals surface area (Å²) in [6, 6.07) is 12.5. The van der Waals surface area contributed by atoms with Gasteiger partial charge in [-0.1, -0.05) is 24.3 Å². The van der Waals surface area contributed by atoms with Crippen LogP contribution in [0, 0.1) is 13.8 Å². The Morgan fingerprint density at radius 1 is 1.14 bits per heavy atom. The molecule has 0 aliphatic heterocycles. The molecule has 0 bridgehead atoms. The van der Waals surface area contributed by atoms with E-state index in [2.05, 4.69) is 5.32 Å². The van der Waals surface area contributed by atoms with Crippen molar-refractivity contribution in [2.75, 3.05) is 20.8 Å². The molecule has 0 fully saturated rings. The molecule has 6 heteroatoms. The van der Waals surface area contributed by atoms with Crippen molar-refractivity contribution in [3.05, 3.63) is 59.2 Å². The number of aryl methyl sites for hydroxylation is 1. The summed E-state index contributed by atoms with van der Waals surface area (Å²) in [6.45, 7) is 5.79. The van der Waals surface area contributed by atoms with E-state index < -0.39 is 6.04 Å². The Kier molecular flexibility index (Phi) is 7.44. The number of carbonyl (C=O) groups excluding carboxylic acids is 2. The van der Waals surface area contributed by atoms with Crippen molar-refractivity contribution in [3.63, 3.8) is 0 Å². The molecule has 0 saturated carbocycles. The molecule has 1 N–H and O–H groups in total. The molecule has 28 heavy (non-hydrogen) atoms. The lowest BCUT2D eigenvalue weighted by Crippen LogP contribution is -2.48. The maximum atomic E-state index is 12.9. The molecule has 0 saturated heterocycles. The summed E-state index contributed by atoms with van der Waals surface area (Å²) in [5.41, 5.74) is 2.96. The van der Waals surface area contributed by atoms with E-state index in [0.717, 1.165) is 16.7 Å². The maximum Gasteiger partial charge on any atom is 0.261 e. The Morgan fingerprint density at radius 3 is 2.54 bits per heavy atom. The van der Waals surface area contributed by atoms with Crippen LogP contribution in [0.5, 0.6) is 11.5 Å². The summed E-state index contributed by atoms with van der Waals surface area (Å²) in [5.74, 6) is 0.870. The van der Waals surface area contributed by atoms with Gasteiger partial charge in [-0.2, -0.15) is 0 Å². The van der Waals surface area contributed by atoms with Crippen LogP contribution >= 0.6 is 0 Å². The Labute approximate surface area is 166 Å². The zero-order chi connectivity index (χ0) is 20.7. The highest BCUT2D eigenvalue weighted by molar-refractivity contribution is 5.87. The molecule has 0 aliphatic rings. The molecule has 6 nitrogen and oxygen atoms in total. The number of ether oxygens (including phenoxy) is 2. The van der Waals surface area contributed by atoms with Crippen LogP contribution in [0.15, 0.2) is 42.5 Å². The largest absolute Gasteiger partial charge is 0.497 e. The van der Waals surface area contributed by atoms with Crippen molar-refractivity contribution in [2.45, 2.75) is 33.4 Å². The van der Waals surface area contributed by atoms with E-state index in [1.54, 1.807) is 21.1 Å². The van der Waals surface area contributed by atoms with E-state index >= 15 is 0 Å².